The van der Waals surface area contributed by atoms with Crippen molar-refractivity contribution >= 4 is 28.6 Å². The van der Waals surface area contributed by atoms with Gasteiger partial charge >= 0.3 is 5.97 Å². The summed E-state index contributed by atoms with van der Waals surface area (Å²) in [6, 6.07) is 10.2. The lowest BCUT2D eigenvalue weighted by molar-refractivity contribution is -0.140. The predicted octanol–water partition coefficient (Wildman–Crippen LogP) is 3.42. The molecule has 1 aromatic carbocycles. The van der Waals surface area contributed by atoms with Crippen molar-refractivity contribution in [1.29, 1.82) is 0 Å². The van der Waals surface area contributed by atoms with Crippen LogP contribution in [0, 0.1) is 0 Å². The standard InChI is InChI=1S/C15H17NO2S/c1-11(9-14(17)18-2)19-10-13-6-3-5-12-7-4-8-16-15(12)13/h3-8,11H,9-10H2,1-2H3. The number of carbonyl (C=O) groups excluding carboxylic acids is 1. The number of esters is 1. The number of methoxy groups -OCH3 is 1. The smallest absolute Gasteiger partial charge is 0.306 e. The molecule has 3 nitrogen and oxygen atoms in total. The van der Waals surface area contributed by atoms with Crippen LogP contribution in [0.15, 0.2) is 36.5 Å². The van der Waals surface area contributed by atoms with Gasteiger partial charge in [0.1, 0.15) is 0 Å². The van der Waals surface area contributed by atoms with Gasteiger partial charge in [-0.05, 0) is 11.6 Å². The normalized spacial score (nSPS) is 12.3. The Kier molecular flexibility index (Phi) is 4.80. The van der Waals surface area contributed by atoms with Gasteiger partial charge in [0.05, 0.1) is 19.0 Å². The van der Waals surface area contributed by atoms with E-state index in [0.29, 0.717) is 6.42 Å². The highest BCUT2D eigenvalue weighted by molar-refractivity contribution is 7.99. The minimum Gasteiger partial charge on any atom is -0.469 e. The highest BCUT2D eigenvalue weighted by atomic mass is 32.2. The minimum atomic E-state index is -0.156. The Labute approximate surface area is 117 Å². The van der Waals surface area contributed by atoms with Crippen molar-refractivity contribution < 1.29 is 9.53 Å². The molecule has 1 unspecified atom stereocenters. The van der Waals surface area contributed by atoms with Crippen molar-refractivity contribution in [2.45, 2.75) is 24.3 Å². The third-order valence-corrected chi connectivity index (χ3v) is 4.13. The molecule has 4 heteroatoms. The summed E-state index contributed by atoms with van der Waals surface area (Å²) in [5.41, 5.74) is 2.25. The monoisotopic (exact) mass is 275 g/mol. The molecule has 0 fully saturated rings. The number of hydrogen-bond acceptors (Lipinski definition) is 4. The number of nitrogens with zero attached hydrogens (tertiary/aromatic N) is 1. The summed E-state index contributed by atoms with van der Waals surface area (Å²) in [4.78, 5) is 15.6. The lowest BCUT2D eigenvalue weighted by Gasteiger charge is -2.10. The average Bonchev–Trinajstić information content (AvgIpc) is 2.44. The van der Waals surface area contributed by atoms with E-state index in [0.717, 1.165) is 16.7 Å². The molecule has 0 saturated heterocycles. The summed E-state index contributed by atoms with van der Waals surface area (Å²) >= 11 is 1.75. The van der Waals surface area contributed by atoms with Gasteiger partial charge in [0, 0.05) is 22.6 Å². The predicted molar refractivity (Wildman–Crippen MR) is 79.1 cm³/mol. The van der Waals surface area contributed by atoms with Crippen LogP contribution in [-0.2, 0) is 15.3 Å². The van der Waals surface area contributed by atoms with E-state index < -0.39 is 0 Å². The summed E-state index contributed by atoms with van der Waals surface area (Å²) in [5, 5.41) is 1.40. The molecule has 0 N–H and O–H groups in total. The number of thioether (sulfide) groups is 1. The van der Waals surface area contributed by atoms with Crippen LogP contribution in [0.2, 0.25) is 0 Å². The number of para-hydroxylation sites is 1. The van der Waals surface area contributed by atoms with E-state index >= 15 is 0 Å². The highest BCUT2D eigenvalue weighted by Crippen LogP contribution is 2.24. The van der Waals surface area contributed by atoms with E-state index in [2.05, 4.69) is 27.9 Å². The second kappa shape index (κ2) is 6.57. The number of ether oxygens (including phenoxy) is 1. The summed E-state index contributed by atoms with van der Waals surface area (Å²) in [6.07, 6.45) is 2.26. The SMILES string of the molecule is COC(=O)CC(C)SCc1cccc2cccnc12. The topological polar surface area (TPSA) is 39.2 Å². The zero-order valence-electron chi connectivity index (χ0n) is 11.1. The number of aromatic nitrogens is 1. The number of benzene rings is 1. The Balaban J connectivity index is 2.04. The van der Waals surface area contributed by atoms with E-state index in [-0.39, 0.29) is 11.2 Å². The number of hydrogen-bond donors (Lipinski definition) is 0. The molecule has 2 aromatic rings. The highest BCUT2D eigenvalue weighted by Gasteiger charge is 2.10. The number of pyridine rings is 1. The van der Waals surface area contributed by atoms with Crippen LogP contribution in [0.25, 0.3) is 10.9 Å². The number of carbonyl (C=O) groups is 1. The fraction of sp³-hybridized carbons (Fsp3) is 0.333. The molecular weight excluding hydrogens is 258 g/mol. The molecule has 0 aliphatic heterocycles. The van der Waals surface area contributed by atoms with Gasteiger partial charge in [0.25, 0.3) is 0 Å². The van der Waals surface area contributed by atoms with Crippen molar-refractivity contribution in [2.75, 3.05) is 7.11 Å². The van der Waals surface area contributed by atoms with E-state index in [4.69, 9.17) is 0 Å². The van der Waals surface area contributed by atoms with E-state index in [1.54, 1.807) is 11.8 Å². The molecule has 2 rings (SSSR count). The second-order valence-electron chi connectivity index (χ2n) is 4.39. The Morgan fingerprint density at radius 3 is 2.95 bits per heavy atom. The lowest BCUT2D eigenvalue weighted by atomic mass is 10.1. The molecule has 0 bridgehead atoms. The van der Waals surface area contributed by atoms with Crippen LogP contribution in [0.5, 0.6) is 0 Å². The van der Waals surface area contributed by atoms with Crippen molar-refractivity contribution in [2.24, 2.45) is 0 Å². The maximum atomic E-state index is 11.2. The van der Waals surface area contributed by atoms with Crippen LogP contribution in [0.4, 0.5) is 0 Å². The van der Waals surface area contributed by atoms with Gasteiger partial charge in [-0.3, -0.25) is 9.78 Å². The Morgan fingerprint density at radius 2 is 2.16 bits per heavy atom. The maximum absolute atomic E-state index is 11.2. The molecule has 0 aliphatic carbocycles. The third kappa shape index (κ3) is 3.70. The van der Waals surface area contributed by atoms with Crippen LogP contribution in [-0.4, -0.2) is 23.3 Å². The molecule has 0 radical (unpaired) electrons. The fourth-order valence-corrected chi connectivity index (χ4v) is 2.84. The molecule has 1 aromatic heterocycles. The molecule has 0 aliphatic rings. The molecule has 100 valence electrons. The van der Waals surface area contributed by atoms with Gasteiger partial charge in [-0.15, -0.1) is 0 Å². The van der Waals surface area contributed by atoms with Crippen LogP contribution < -0.4 is 0 Å². The first kappa shape index (κ1) is 13.9. The van der Waals surface area contributed by atoms with Gasteiger partial charge < -0.3 is 4.74 Å². The van der Waals surface area contributed by atoms with Crippen molar-refractivity contribution in [3.8, 4) is 0 Å². The largest absolute Gasteiger partial charge is 0.469 e. The Morgan fingerprint density at radius 1 is 1.37 bits per heavy atom. The maximum Gasteiger partial charge on any atom is 0.306 e. The van der Waals surface area contributed by atoms with Crippen molar-refractivity contribution in [3.63, 3.8) is 0 Å². The third-order valence-electron chi connectivity index (χ3n) is 2.92. The van der Waals surface area contributed by atoms with Gasteiger partial charge in [0.2, 0.25) is 0 Å². The van der Waals surface area contributed by atoms with Crippen LogP contribution in [0.1, 0.15) is 18.9 Å². The molecule has 0 amide bonds. The van der Waals surface area contributed by atoms with Crippen LogP contribution in [0.3, 0.4) is 0 Å². The number of fused-ring (bicyclic) bond motifs is 1. The zero-order valence-corrected chi connectivity index (χ0v) is 11.9. The number of rotatable bonds is 5. The van der Waals surface area contributed by atoms with E-state index in [1.807, 2.05) is 25.3 Å². The van der Waals surface area contributed by atoms with Gasteiger partial charge in [0.15, 0.2) is 0 Å². The molecule has 19 heavy (non-hydrogen) atoms. The van der Waals surface area contributed by atoms with Crippen molar-refractivity contribution in [3.05, 3.63) is 42.1 Å². The minimum absolute atomic E-state index is 0.156. The second-order valence-corrected chi connectivity index (χ2v) is 5.82. The van der Waals surface area contributed by atoms with Gasteiger partial charge in [-0.1, -0.05) is 31.2 Å². The van der Waals surface area contributed by atoms with Crippen molar-refractivity contribution in [1.82, 2.24) is 4.98 Å². The quantitative estimate of drug-likeness (QED) is 0.784. The first-order valence-corrected chi connectivity index (χ1v) is 7.26. The summed E-state index contributed by atoms with van der Waals surface area (Å²) < 4.78 is 4.68. The van der Waals surface area contributed by atoms with Gasteiger partial charge in [-0.2, -0.15) is 11.8 Å². The fourth-order valence-electron chi connectivity index (χ4n) is 1.89. The molecule has 0 saturated carbocycles. The first-order valence-electron chi connectivity index (χ1n) is 6.21. The first-order chi connectivity index (χ1) is 9.20. The Hall–Kier alpha value is -1.55. The molecule has 0 spiro atoms. The molecule has 1 atom stereocenters. The van der Waals surface area contributed by atoms with Crippen LogP contribution >= 0.6 is 11.8 Å². The molecular formula is C15H17NO2S. The van der Waals surface area contributed by atoms with E-state index in [9.17, 15) is 4.79 Å². The van der Waals surface area contributed by atoms with Gasteiger partial charge in [-0.25, -0.2) is 0 Å². The molecule has 1 heterocycles. The Bertz CT molecular complexity index is 566. The van der Waals surface area contributed by atoms with E-state index in [1.165, 1.54) is 12.7 Å². The zero-order chi connectivity index (χ0) is 13.7. The summed E-state index contributed by atoms with van der Waals surface area (Å²) in [6.45, 7) is 2.04. The lowest BCUT2D eigenvalue weighted by Crippen LogP contribution is -2.08. The summed E-state index contributed by atoms with van der Waals surface area (Å²) in [5.74, 6) is 0.697. The average molecular weight is 275 g/mol. The summed E-state index contributed by atoms with van der Waals surface area (Å²) in [7, 11) is 1.42.